The third-order valence-corrected chi connectivity index (χ3v) is 6.00. The summed E-state index contributed by atoms with van der Waals surface area (Å²) in [6.45, 7) is 7.01. The minimum Gasteiger partial charge on any atom is -0.508 e. The molecule has 8 heteroatoms. The van der Waals surface area contributed by atoms with Crippen molar-refractivity contribution in [2.75, 3.05) is 6.61 Å². The van der Waals surface area contributed by atoms with Gasteiger partial charge in [-0.3, -0.25) is 14.4 Å². The number of carbonyl (C=O) groups is 3. The Morgan fingerprint density at radius 3 is 2.00 bits per heavy atom. The first-order valence-corrected chi connectivity index (χ1v) is 12.4. The number of hydrogen-bond donors (Lipinski definition) is 4. The van der Waals surface area contributed by atoms with Gasteiger partial charge in [0.1, 0.15) is 17.8 Å². The highest BCUT2D eigenvalue weighted by molar-refractivity contribution is 5.92. The second kappa shape index (κ2) is 13.6. The molecule has 0 saturated carbocycles. The number of nitrogens with two attached hydrogens (primary N) is 1. The number of benzene rings is 2. The fraction of sp³-hybridized carbons (Fsp3) is 0.464. The van der Waals surface area contributed by atoms with Gasteiger partial charge in [0.15, 0.2) is 0 Å². The Balaban J connectivity index is 2.50. The van der Waals surface area contributed by atoms with Crippen LogP contribution in [0.2, 0.25) is 0 Å². The number of aromatic hydroxyl groups is 1. The maximum Gasteiger partial charge on any atom is 0.246 e. The number of nitrogens with zero attached hydrogens (tertiary/aromatic N) is 1. The van der Waals surface area contributed by atoms with Crippen molar-refractivity contribution in [2.45, 2.75) is 65.1 Å². The number of phenolic OH excluding ortho intramolecular Hbond substituents is 1. The van der Waals surface area contributed by atoms with Gasteiger partial charge in [-0.1, -0.05) is 70.2 Å². The number of phenols is 1. The van der Waals surface area contributed by atoms with Gasteiger partial charge in [0.2, 0.25) is 17.7 Å². The van der Waals surface area contributed by atoms with E-state index in [0.29, 0.717) is 6.42 Å². The van der Waals surface area contributed by atoms with Crippen LogP contribution in [-0.2, 0) is 27.2 Å². The monoisotopic (exact) mass is 497 g/mol. The molecule has 0 aliphatic heterocycles. The molecule has 3 amide bonds. The van der Waals surface area contributed by atoms with Gasteiger partial charge in [0.05, 0.1) is 12.6 Å². The highest BCUT2D eigenvalue weighted by Crippen LogP contribution is 2.21. The van der Waals surface area contributed by atoms with Crippen molar-refractivity contribution < 1.29 is 24.6 Å². The number of carbonyl (C=O) groups excluding carboxylic acids is 3. The average Bonchev–Trinajstić information content (AvgIpc) is 2.81. The third kappa shape index (κ3) is 8.37. The van der Waals surface area contributed by atoms with Crippen LogP contribution in [0.5, 0.6) is 5.75 Å². The first kappa shape index (κ1) is 28.8. The van der Waals surface area contributed by atoms with Gasteiger partial charge in [-0.05, 0) is 41.5 Å². The van der Waals surface area contributed by atoms with Gasteiger partial charge in [-0.15, -0.1) is 0 Å². The topological polar surface area (TPSA) is 133 Å². The van der Waals surface area contributed by atoms with Crippen molar-refractivity contribution in [3.8, 4) is 5.75 Å². The Hall–Kier alpha value is -3.39. The molecule has 0 aliphatic carbocycles. The van der Waals surface area contributed by atoms with E-state index in [-0.39, 0.29) is 42.9 Å². The summed E-state index contributed by atoms with van der Waals surface area (Å²) < 4.78 is 0. The Morgan fingerprint density at radius 1 is 0.917 bits per heavy atom. The van der Waals surface area contributed by atoms with Crippen molar-refractivity contribution in [1.82, 2.24) is 10.2 Å². The molecule has 2 aromatic carbocycles. The van der Waals surface area contributed by atoms with E-state index in [4.69, 9.17) is 5.73 Å². The Kier molecular flexibility index (Phi) is 10.9. The molecule has 0 radical (unpaired) electrons. The van der Waals surface area contributed by atoms with Crippen molar-refractivity contribution >= 4 is 17.7 Å². The average molecular weight is 498 g/mol. The fourth-order valence-corrected chi connectivity index (χ4v) is 4.34. The van der Waals surface area contributed by atoms with E-state index in [1.807, 2.05) is 44.2 Å². The lowest BCUT2D eigenvalue weighted by molar-refractivity contribution is -0.148. The van der Waals surface area contributed by atoms with Gasteiger partial charge < -0.3 is 26.2 Å². The Labute approximate surface area is 213 Å². The van der Waals surface area contributed by atoms with Crippen molar-refractivity contribution in [2.24, 2.45) is 17.6 Å². The molecule has 0 fully saturated rings. The van der Waals surface area contributed by atoms with E-state index in [0.717, 1.165) is 11.1 Å². The lowest BCUT2D eigenvalue weighted by Gasteiger charge is -2.40. The number of rotatable bonds is 13. The summed E-state index contributed by atoms with van der Waals surface area (Å²) in [4.78, 5) is 40.8. The molecule has 5 N–H and O–H groups in total. The maximum absolute atomic E-state index is 14.1. The standard InChI is InChI=1S/C28H39N3O5/c1-18(2)14-25(34)30-24(16-21-10-12-23(33)13-11-21)28(36)31(26(19(3)4)27(29)35)22(17-32)15-20-8-6-5-7-9-20/h5-13,18-19,22,24,26,32-33H,14-17H2,1-4H3,(H2,29,35)(H,30,34)/t22-,24-,26-/m0/s1. The van der Waals surface area contributed by atoms with Crippen molar-refractivity contribution in [1.29, 1.82) is 0 Å². The van der Waals surface area contributed by atoms with Crippen molar-refractivity contribution in [3.63, 3.8) is 0 Å². The van der Waals surface area contributed by atoms with Crippen LogP contribution in [0, 0.1) is 11.8 Å². The lowest BCUT2D eigenvalue weighted by atomic mass is 9.94. The Morgan fingerprint density at radius 2 is 1.50 bits per heavy atom. The molecule has 2 rings (SSSR count). The molecule has 8 nitrogen and oxygen atoms in total. The molecule has 0 saturated heterocycles. The molecule has 196 valence electrons. The molecule has 0 heterocycles. The third-order valence-electron chi connectivity index (χ3n) is 6.00. The summed E-state index contributed by atoms with van der Waals surface area (Å²) in [5, 5.41) is 22.9. The van der Waals surface area contributed by atoms with Crippen LogP contribution in [0.25, 0.3) is 0 Å². The van der Waals surface area contributed by atoms with E-state index in [9.17, 15) is 24.6 Å². The van der Waals surface area contributed by atoms with Crippen LogP contribution < -0.4 is 11.1 Å². The molecular formula is C28H39N3O5. The molecule has 2 aromatic rings. The summed E-state index contributed by atoms with van der Waals surface area (Å²) in [6, 6.07) is 13.0. The van der Waals surface area contributed by atoms with Gasteiger partial charge in [0.25, 0.3) is 0 Å². The second-order valence-corrected chi connectivity index (χ2v) is 9.95. The number of aliphatic hydroxyl groups is 1. The summed E-state index contributed by atoms with van der Waals surface area (Å²) in [7, 11) is 0. The minimum atomic E-state index is -0.994. The molecule has 0 unspecified atom stereocenters. The molecule has 0 bridgehead atoms. The summed E-state index contributed by atoms with van der Waals surface area (Å²) in [5.74, 6) is -1.61. The highest BCUT2D eigenvalue weighted by Gasteiger charge is 2.39. The molecule has 0 spiro atoms. The predicted octanol–water partition coefficient (Wildman–Crippen LogP) is 2.41. The number of amides is 3. The zero-order chi connectivity index (χ0) is 26.8. The first-order valence-electron chi connectivity index (χ1n) is 12.4. The number of nitrogens with one attached hydrogen (secondary N) is 1. The summed E-state index contributed by atoms with van der Waals surface area (Å²) >= 11 is 0. The van der Waals surface area contributed by atoms with Crippen LogP contribution in [0.4, 0.5) is 0 Å². The van der Waals surface area contributed by atoms with Gasteiger partial charge in [-0.25, -0.2) is 0 Å². The number of primary amides is 1. The minimum absolute atomic E-state index is 0.0860. The van der Waals surface area contributed by atoms with Gasteiger partial charge in [0, 0.05) is 12.8 Å². The summed E-state index contributed by atoms with van der Waals surface area (Å²) in [6.07, 6.45) is 0.689. The summed E-state index contributed by atoms with van der Waals surface area (Å²) in [5.41, 5.74) is 7.38. The molecule has 3 atom stereocenters. The van der Waals surface area contributed by atoms with Gasteiger partial charge >= 0.3 is 0 Å². The van der Waals surface area contributed by atoms with Crippen LogP contribution in [0.1, 0.15) is 45.2 Å². The normalized spacial score (nSPS) is 13.8. The van der Waals surface area contributed by atoms with E-state index >= 15 is 0 Å². The van der Waals surface area contributed by atoms with E-state index in [1.54, 1.807) is 26.0 Å². The molecule has 0 aliphatic rings. The SMILES string of the molecule is CC(C)CC(=O)N[C@@H](Cc1ccc(O)cc1)C(=O)N([C@H](CO)Cc1ccccc1)[C@H](C(N)=O)C(C)C. The fourth-order valence-electron chi connectivity index (χ4n) is 4.34. The van der Waals surface area contributed by atoms with Crippen LogP contribution in [0.15, 0.2) is 54.6 Å². The van der Waals surface area contributed by atoms with E-state index in [2.05, 4.69) is 5.32 Å². The quantitative estimate of drug-likeness (QED) is 0.337. The van der Waals surface area contributed by atoms with Gasteiger partial charge in [-0.2, -0.15) is 0 Å². The maximum atomic E-state index is 14.1. The smallest absolute Gasteiger partial charge is 0.246 e. The molecular weight excluding hydrogens is 458 g/mol. The van der Waals surface area contributed by atoms with Crippen molar-refractivity contribution in [3.05, 3.63) is 65.7 Å². The van der Waals surface area contributed by atoms with Crippen LogP contribution in [-0.4, -0.2) is 57.6 Å². The van der Waals surface area contributed by atoms with Crippen LogP contribution >= 0.6 is 0 Å². The second-order valence-electron chi connectivity index (χ2n) is 9.95. The lowest BCUT2D eigenvalue weighted by Crippen LogP contribution is -2.61. The molecule has 36 heavy (non-hydrogen) atoms. The molecule has 0 aromatic heterocycles. The van der Waals surface area contributed by atoms with E-state index in [1.165, 1.54) is 17.0 Å². The zero-order valence-corrected chi connectivity index (χ0v) is 21.6. The first-order chi connectivity index (χ1) is 17.0. The van der Waals surface area contributed by atoms with E-state index < -0.39 is 29.9 Å². The zero-order valence-electron chi connectivity index (χ0n) is 21.6. The number of hydrogen-bond acceptors (Lipinski definition) is 5. The largest absolute Gasteiger partial charge is 0.508 e. The Bertz CT molecular complexity index is 992. The van der Waals surface area contributed by atoms with Crippen LogP contribution in [0.3, 0.4) is 0 Å². The number of aliphatic hydroxyl groups excluding tert-OH is 1. The highest BCUT2D eigenvalue weighted by atomic mass is 16.3. The predicted molar refractivity (Wildman–Crippen MR) is 139 cm³/mol.